The van der Waals surface area contributed by atoms with Gasteiger partial charge in [0.05, 0.1) is 18.5 Å². The van der Waals surface area contributed by atoms with E-state index < -0.39 is 0 Å². The second kappa shape index (κ2) is 7.86. The van der Waals surface area contributed by atoms with Gasteiger partial charge in [-0.1, -0.05) is 61.4 Å². The van der Waals surface area contributed by atoms with Gasteiger partial charge in [-0.05, 0) is 78.0 Å². The Morgan fingerprint density at radius 1 is 0.621 bits per heavy atom. The van der Waals surface area contributed by atoms with Crippen molar-refractivity contribution in [1.82, 2.24) is 14.7 Å². The summed E-state index contributed by atoms with van der Waals surface area (Å²) in [6.07, 6.45) is 1.60. The summed E-state index contributed by atoms with van der Waals surface area (Å²) in [4.78, 5) is 7.12. The SMILES string of the molecule is CC1N(C)C(C)N(C)C(C)N1C.Cc1ccc2c(c1)C(C)(C)c1cc(C)ccc1-2. The predicted octanol–water partition coefficient (Wildman–Crippen LogP) is 5.44. The number of fused-ring (bicyclic) bond motifs is 3. The van der Waals surface area contributed by atoms with Crippen molar-refractivity contribution in [3.05, 3.63) is 58.7 Å². The molecule has 0 radical (unpaired) electrons. The van der Waals surface area contributed by atoms with Crippen LogP contribution in [-0.2, 0) is 5.41 Å². The predicted molar refractivity (Wildman–Crippen MR) is 125 cm³/mol. The number of hydrogen-bond donors (Lipinski definition) is 0. The molecule has 0 bridgehead atoms. The average molecular weight is 394 g/mol. The highest BCUT2D eigenvalue weighted by Gasteiger charge is 2.35. The number of hydrogen-bond acceptors (Lipinski definition) is 3. The molecule has 1 fully saturated rings. The quantitative estimate of drug-likeness (QED) is 0.590. The van der Waals surface area contributed by atoms with Gasteiger partial charge in [-0.25, -0.2) is 0 Å². The standard InChI is InChI=1S/C17H18.C9H21N3/c1-11-5-7-13-14-8-6-12(2)10-16(14)17(3,4)15(13)9-11;1-7-10(4)8(2)12(6)9(3)11(7)5/h5-10H,1-4H3;7-9H,1-6H3. The lowest BCUT2D eigenvalue weighted by Gasteiger charge is -2.51. The van der Waals surface area contributed by atoms with Gasteiger partial charge in [0.15, 0.2) is 0 Å². The van der Waals surface area contributed by atoms with Crippen LogP contribution in [0.1, 0.15) is 56.9 Å². The minimum absolute atomic E-state index is 0.142. The van der Waals surface area contributed by atoms with Crippen molar-refractivity contribution in [1.29, 1.82) is 0 Å². The highest BCUT2D eigenvalue weighted by molar-refractivity contribution is 5.81. The van der Waals surface area contributed by atoms with Crippen LogP contribution in [0.15, 0.2) is 36.4 Å². The maximum Gasteiger partial charge on any atom is 0.0614 e. The van der Waals surface area contributed by atoms with Crippen molar-refractivity contribution in [3.8, 4) is 11.1 Å². The van der Waals surface area contributed by atoms with Gasteiger partial charge < -0.3 is 0 Å². The van der Waals surface area contributed by atoms with Crippen LogP contribution >= 0.6 is 0 Å². The molecule has 0 spiro atoms. The molecular weight excluding hydrogens is 354 g/mol. The van der Waals surface area contributed by atoms with Gasteiger partial charge in [0, 0.05) is 5.41 Å². The van der Waals surface area contributed by atoms with E-state index in [1.807, 2.05) is 0 Å². The highest BCUT2D eigenvalue weighted by Crippen LogP contribution is 2.48. The van der Waals surface area contributed by atoms with E-state index in [1.54, 1.807) is 0 Å². The van der Waals surface area contributed by atoms with E-state index in [9.17, 15) is 0 Å². The van der Waals surface area contributed by atoms with Gasteiger partial charge in [0.2, 0.25) is 0 Å². The van der Waals surface area contributed by atoms with E-state index in [4.69, 9.17) is 0 Å². The first-order chi connectivity index (χ1) is 13.5. The van der Waals surface area contributed by atoms with Crippen molar-refractivity contribution < 1.29 is 0 Å². The third-order valence-electron chi connectivity index (χ3n) is 7.52. The fourth-order valence-corrected chi connectivity index (χ4v) is 4.76. The zero-order chi connectivity index (χ0) is 21.7. The number of rotatable bonds is 0. The van der Waals surface area contributed by atoms with Gasteiger partial charge in [-0.3, -0.25) is 14.7 Å². The Balaban J connectivity index is 0.000000177. The molecule has 3 nitrogen and oxygen atoms in total. The maximum atomic E-state index is 2.38. The summed E-state index contributed by atoms with van der Waals surface area (Å²) in [5, 5.41) is 0. The van der Waals surface area contributed by atoms with Crippen molar-refractivity contribution in [2.24, 2.45) is 0 Å². The van der Waals surface area contributed by atoms with Crippen LogP contribution in [0.3, 0.4) is 0 Å². The summed E-state index contributed by atoms with van der Waals surface area (Å²) in [5.74, 6) is 0. The molecule has 2 aliphatic rings. The van der Waals surface area contributed by atoms with E-state index in [0.717, 1.165) is 0 Å². The second-order valence-corrected chi connectivity index (χ2v) is 9.62. The Kier molecular flexibility index (Phi) is 5.97. The first-order valence-corrected chi connectivity index (χ1v) is 10.8. The molecule has 1 aliphatic carbocycles. The molecule has 2 aromatic carbocycles. The lowest BCUT2D eigenvalue weighted by Crippen LogP contribution is -2.65. The number of benzene rings is 2. The van der Waals surface area contributed by atoms with Crippen LogP contribution in [0.25, 0.3) is 11.1 Å². The van der Waals surface area contributed by atoms with Crippen LogP contribution in [0.5, 0.6) is 0 Å². The summed E-state index contributed by atoms with van der Waals surface area (Å²) in [6, 6.07) is 13.6. The monoisotopic (exact) mass is 393 g/mol. The minimum atomic E-state index is 0.142. The first kappa shape index (κ1) is 22.0. The van der Waals surface area contributed by atoms with Crippen molar-refractivity contribution in [2.45, 2.75) is 72.4 Å². The summed E-state index contributed by atoms with van der Waals surface area (Å²) >= 11 is 0. The van der Waals surface area contributed by atoms with Crippen molar-refractivity contribution >= 4 is 0 Å². The zero-order valence-electron chi connectivity index (χ0n) is 20.0. The van der Waals surface area contributed by atoms with Gasteiger partial charge in [0.25, 0.3) is 0 Å². The van der Waals surface area contributed by atoms with Crippen LogP contribution in [-0.4, -0.2) is 54.3 Å². The van der Waals surface area contributed by atoms with E-state index in [2.05, 4.69) is 121 Å². The Labute approximate surface area is 178 Å². The molecule has 0 atom stereocenters. The van der Waals surface area contributed by atoms with Gasteiger partial charge in [-0.2, -0.15) is 0 Å². The van der Waals surface area contributed by atoms with Crippen LogP contribution in [0.4, 0.5) is 0 Å². The van der Waals surface area contributed by atoms with E-state index in [0.29, 0.717) is 18.5 Å². The molecular formula is C26H39N3. The first-order valence-electron chi connectivity index (χ1n) is 10.8. The largest absolute Gasteiger partial charge is 0.276 e. The lowest BCUT2D eigenvalue weighted by atomic mass is 9.81. The topological polar surface area (TPSA) is 9.72 Å². The minimum Gasteiger partial charge on any atom is -0.276 e. The smallest absolute Gasteiger partial charge is 0.0614 e. The Morgan fingerprint density at radius 3 is 1.24 bits per heavy atom. The fourth-order valence-electron chi connectivity index (χ4n) is 4.76. The van der Waals surface area contributed by atoms with E-state index in [1.165, 1.54) is 33.4 Å². The van der Waals surface area contributed by atoms with Gasteiger partial charge >= 0.3 is 0 Å². The molecule has 0 saturated carbocycles. The molecule has 0 N–H and O–H groups in total. The van der Waals surface area contributed by atoms with Crippen LogP contribution in [0, 0.1) is 13.8 Å². The zero-order valence-corrected chi connectivity index (χ0v) is 20.0. The van der Waals surface area contributed by atoms with Crippen LogP contribution < -0.4 is 0 Å². The number of aryl methyl sites for hydroxylation is 2. The fraction of sp³-hybridized carbons (Fsp3) is 0.538. The normalized spacial score (nSPS) is 26.5. The summed E-state index contributed by atoms with van der Waals surface area (Å²) in [7, 11) is 6.52. The molecule has 4 rings (SSSR count). The Morgan fingerprint density at radius 2 is 0.931 bits per heavy atom. The molecule has 3 heteroatoms. The summed E-state index contributed by atoms with van der Waals surface area (Å²) in [6.45, 7) is 15.8. The molecule has 0 aromatic heterocycles. The molecule has 1 heterocycles. The highest BCUT2D eigenvalue weighted by atomic mass is 15.5. The summed E-state index contributed by atoms with van der Waals surface area (Å²) in [5.41, 5.74) is 8.60. The van der Waals surface area contributed by atoms with Gasteiger partial charge in [0.1, 0.15) is 0 Å². The third-order valence-corrected chi connectivity index (χ3v) is 7.52. The maximum absolute atomic E-state index is 2.38. The lowest BCUT2D eigenvalue weighted by molar-refractivity contribution is -0.123. The van der Waals surface area contributed by atoms with Crippen LogP contribution in [0.2, 0.25) is 0 Å². The van der Waals surface area contributed by atoms with E-state index in [-0.39, 0.29) is 5.41 Å². The molecule has 29 heavy (non-hydrogen) atoms. The molecule has 1 aliphatic heterocycles. The summed E-state index contributed by atoms with van der Waals surface area (Å²) < 4.78 is 0. The molecule has 0 unspecified atom stereocenters. The molecule has 1 saturated heterocycles. The molecule has 0 amide bonds. The van der Waals surface area contributed by atoms with E-state index >= 15 is 0 Å². The molecule has 2 aromatic rings. The third kappa shape index (κ3) is 3.76. The van der Waals surface area contributed by atoms with Crippen molar-refractivity contribution in [2.75, 3.05) is 21.1 Å². The average Bonchev–Trinajstić information content (AvgIpc) is 2.90. The number of nitrogens with zero attached hydrogens (tertiary/aromatic N) is 3. The second-order valence-electron chi connectivity index (χ2n) is 9.62. The van der Waals surface area contributed by atoms with Gasteiger partial charge in [-0.15, -0.1) is 0 Å². The Hall–Kier alpha value is -1.68. The Bertz CT molecular complexity index is 773. The molecule has 158 valence electrons. The van der Waals surface area contributed by atoms with Crippen molar-refractivity contribution in [3.63, 3.8) is 0 Å².